The van der Waals surface area contributed by atoms with Crippen LogP contribution in [0.15, 0.2) is 5.16 Å². The van der Waals surface area contributed by atoms with Crippen molar-refractivity contribution in [2.45, 2.75) is 52.4 Å². The van der Waals surface area contributed by atoms with E-state index in [9.17, 15) is 4.79 Å². The third-order valence-electron chi connectivity index (χ3n) is 4.68. The monoisotopic (exact) mass is 267 g/mol. The van der Waals surface area contributed by atoms with Gasteiger partial charge in [-0.15, -0.1) is 0 Å². The van der Waals surface area contributed by atoms with Crippen LogP contribution in [0.2, 0.25) is 0 Å². The summed E-state index contributed by atoms with van der Waals surface area (Å²) in [5.74, 6) is 0.162. The molecule has 2 rings (SSSR count). The van der Waals surface area contributed by atoms with E-state index in [2.05, 4.69) is 19.0 Å². The van der Waals surface area contributed by atoms with Crippen molar-refractivity contribution in [3.63, 3.8) is 0 Å². The van der Waals surface area contributed by atoms with Gasteiger partial charge in [-0.3, -0.25) is 4.79 Å². The van der Waals surface area contributed by atoms with Crippen molar-refractivity contribution in [2.24, 2.45) is 21.7 Å². The largest absolute Gasteiger partial charge is 0.409 e. The molecule has 19 heavy (non-hydrogen) atoms. The summed E-state index contributed by atoms with van der Waals surface area (Å²) in [6.45, 7) is 5.91. The van der Waals surface area contributed by atoms with Crippen molar-refractivity contribution in [3.8, 4) is 0 Å². The van der Waals surface area contributed by atoms with Gasteiger partial charge >= 0.3 is 0 Å². The molecular formula is C14H25N3O2. The van der Waals surface area contributed by atoms with Gasteiger partial charge in [-0.2, -0.15) is 0 Å². The molecule has 1 amide bonds. The maximum absolute atomic E-state index is 12.9. The summed E-state index contributed by atoms with van der Waals surface area (Å²) in [5, 5.41) is 12.2. The van der Waals surface area contributed by atoms with Crippen LogP contribution in [0.4, 0.5) is 0 Å². The molecule has 0 aromatic rings. The molecule has 5 heteroatoms. The van der Waals surface area contributed by atoms with E-state index in [0.717, 1.165) is 38.8 Å². The Balaban J connectivity index is 2.22. The van der Waals surface area contributed by atoms with Crippen LogP contribution < -0.4 is 5.73 Å². The lowest BCUT2D eigenvalue weighted by molar-refractivity contribution is -0.139. The molecule has 1 aliphatic heterocycles. The number of nitrogens with two attached hydrogens (primary N) is 1. The molecule has 0 unspecified atom stereocenters. The molecule has 2 aliphatic rings. The van der Waals surface area contributed by atoms with Gasteiger partial charge in [-0.05, 0) is 24.7 Å². The van der Waals surface area contributed by atoms with Crippen LogP contribution in [0.1, 0.15) is 52.4 Å². The minimum absolute atomic E-state index is 0.0630. The molecule has 0 aromatic heterocycles. The van der Waals surface area contributed by atoms with E-state index < -0.39 is 5.41 Å². The summed E-state index contributed by atoms with van der Waals surface area (Å²) in [5.41, 5.74) is 5.29. The molecule has 1 saturated carbocycles. The molecule has 3 N–H and O–H groups in total. The SMILES string of the molecule is CC1(C)CCN(C(=O)C2(C(N)=NO)CCCCC2)C1. The summed E-state index contributed by atoms with van der Waals surface area (Å²) in [4.78, 5) is 14.8. The second-order valence-electron chi connectivity index (χ2n) is 6.77. The van der Waals surface area contributed by atoms with Crippen molar-refractivity contribution in [1.29, 1.82) is 0 Å². The first-order chi connectivity index (χ1) is 8.91. The molecule has 5 nitrogen and oxygen atoms in total. The highest BCUT2D eigenvalue weighted by molar-refractivity contribution is 6.06. The minimum Gasteiger partial charge on any atom is -0.409 e. The average Bonchev–Trinajstić information content (AvgIpc) is 2.78. The fraction of sp³-hybridized carbons (Fsp3) is 0.857. The summed E-state index contributed by atoms with van der Waals surface area (Å²) in [6.07, 6.45) is 5.50. The van der Waals surface area contributed by atoms with Gasteiger partial charge in [0.1, 0.15) is 5.41 Å². The number of hydrogen-bond acceptors (Lipinski definition) is 3. The summed E-state index contributed by atoms with van der Waals surface area (Å²) >= 11 is 0. The molecule has 0 atom stereocenters. The number of nitrogens with zero attached hydrogens (tertiary/aromatic N) is 2. The highest BCUT2D eigenvalue weighted by Crippen LogP contribution is 2.40. The van der Waals surface area contributed by atoms with E-state index in [0.29, 0.717) is 12.8 Å². The fourth-order valence-corrected chi connectivity index (χ4v) is 3.42. The average molecular weight is 267 g/mol. The van der Waals surface area contributed by atoms with Crippen molar-refractivity contribution in [2.75, 3.05) is 13.1 Å². The Labute approximate surface area is 114 Å². The molecule has 2 fully saturated rings. The Morgan fingerprint density at radius 2 is 1.84 bits per heavy atom. The molecule has 0 aromatic carbocycles. The number of rotatable bonds is 2. The number of hydrogen-bond donors (Lipinski definition) is 2. The predicted octanol–water partition coefficient (Wildman–Crippen LogP) is 1.94. The second-order valence-corrected chi connectivity index (χ2v) is 6.77. The first kappa shape index (κ1) is 14.2. The van der Waals surface area contributed by atoms with E-state index in [1.54, 1.807) is 0 Å². The quantitative estimate of drug-likeness (QED) is 0.347. The molecule has 0 bridgehead atoms. The topological polar surface area (TPSA) is 78.9 Å². The van der Waals surface area contributed by atoms with Gasteiger partial charge in [-0.25, -0.2) is 0 Å². The number of carbonyl (C=O) groups is 1. The van der Waals surface area contributed by atoms with Crippen molar-refractivity contribution in [3.05, 3.63) is 0 Å². The lowest BCUT2D eigenvalue weighted by atomic mass is 9.72. The van der Waals surface area contributed by atoms with Crippen LogP contribution in [-0.2, 0) is 4.79 Å². The van der Waals surface area contributed by atoms with Crippen LogP contribution in [0.25, 0.3) is 0 Å². The first-order valence-electron chi connectivity index (χ1n) is 7.19. The van der Waals surface area contributed by atoms with Gasteiger partial charge in [0.05, 0.1) is 0 Å². The second kappa shape index (κ2) is 5.02. The number of likely N-dealkylation sites (tertiary alicyclic amines) is 1. The Morgan fingerprint density at radius 1 is 1.21 bits per heavy atom. The van der Waals surface area contributed by atoms with Crippen LogP contribution in [0.3, 0.4) is 0 Å². The zero-order valence-electron chi connectivity index (χ0n) is 12.0. The fourth-order valence-electron chi connectivity index (χ4n) is 3.42. The smallest absolute Gasteiger partial charge is 0.236 e. The van der Waals surface area contributed by atoms with Crippen LogP contribution in [-0.4, -0.2) is 34.9 Å². The van der Waals surface area contributed by atoms with Crippen LogP contribution in [0, 0.1) is 10.8 Å². The zero-order valence-corrected chi connectivity index (χ0v) is 12.0. The van der Waals surface area contributed by atoms with E-state index in [1.807, 2.05) is 4.90 Å². The van der Waals surface area contributed by atoms with Gasteiger partial charge in [0, 0.05) is 13.1 Å². The molecule has 1 heterocycles. The lowest BCUT2D eigenvalue weighted by Gasteiger charge is -2.37. The molecule has 1 aliphatic carbocycles. The van der Waals surface area contributed by atoms with Gasteiger partial charge in [0.15, 0.2) is 5.84 Å². The number of carbonyl (C=O) groups excluding carboxylic acids is 1. The predicted molar refractivity (Wildman–Crippen MR) is 73.9 cm³/mol. The maximum atomic E-state index is 12.9. The van der Waals surface area contributed by atoms with E-state index in [4.69, 9.17) is 10.9 Å². The molecule has 108 valence electrons. The molecule has 0 radical (unpaired) electrons. The standard InChI is InChI=1S/C14H25N3O2/c1-13(2)8-9-17(10-13)12(18)14(11(15)16-19)6-4-3-5-7-14/h19H,3-10H2,1-2H3,(H2,15,16). The van der Waals surface area contributed by atoms with Crippen molar-refractivity contribution in [1.82, 2.24) is 4.90 Å². The maximum Gasteiger partial charge on any atom is 0.236 e. The van der Waals surface area contributed by atoms with E-state index >= 15 is 0 Å². The van der Waals surface area contributed by atoms with Gasteiger partial charge in [-0.1, -0.05) is 38.3 Å². The zero-order chi connectivity index (χ0) is 14.1. The molecule has 0 spiro atoms. The Bertz CT molecular complexity index is 384. The lowest BCUT2D eigenvalue weighted by Crippen LogP contribution is -2.52. The Morgan fingerprint density at radius 3 is 2.32 bits per heavy atom. The summed E-state index contributed by atoms with van der Waals surface area (Å²) in [6, 6.07) is 0. The van der Waals surface area contributed by atoms with E-state index in [1.165, 1.54) is 0 Å². The van der Waals surface area contributed by atoms with Crippen LogP contribution in [0.5, 0.6) is 0 Å². The molecular weight excluding hydrogens is 242 g/mol. The highest BCUT2D eigenvalue weighted by atomic mass is 16.4. The van der Waals surface area contributed by atoms with Gasteiger partial charge in [0.25, 0.3) is 0 Å². The number of amidine groups is 1. The number of oxime groups is 1. The Hall–Kier alpha value is -1.26. The van der Waals surface area contributed by atoms with E-state index in [-0.39, 0.29) is 17.2 Å². The van der Waals surface area contributed by atoms with Gasteiger partial charge < -0.3 is 15.8 Å². The van der Waals surface area contributed by atoms with Crippen molar-refractivity contribution < 1.29 is 10.0 Å². The first-order valence-corrected chi connectivity index (χ1v) is 7.19. The summed E-state index contributed by atoms with van der Waals surface area (Å²) < 4.78 is 0. The third-order valence-corrected chi connectivity index (χ3v) is 4.68. The van der Waals surface area contributed by atoms with Crippen LogP contribution >= 0.6 is 0 Å². The van der Waals surface area contributed by atoms with Gasteiger partial charge in [0.2, 0.25) is 5.91 Å². The minimum atomic E-state index is -0.757. The molecule has 1 saturated heterocycles. The van der Waals surface area contributed by atoms with Crippen molar-refractivity contribution >= 4 is 11.7 Å². The Kier molecular flexibility index (Phi) is 3.74. The third kappa shape index (κ3) is 2.55. The summed E-state index contributed by atoms with van der Waals surface area (Å²) in [7, 11) is 0. The highest BCUT2D eigenvalue weighted by Gasteiger charge is 2.48. The normalized spacial score (nSPS) is 26.4. The number of amides is 1.